The Bertz CT molecular complexity index is 368. The second-order valence-corrected chi connectivity index (χ2v) is 3.51. The van der Waals surface area contributed by atoms with Gasteiger partial charge in [-0.15, -0.1) is 0 Å². The number of carboxylic acids is 1. The first-order valence-electron chi connectivity index (χ1n) is 4.50. The fourth-order valence-electron chi connectivity index (χ4n) is 1.15. The number of benzene rings is 1. The summed E-state index contributed by atoms with van der Waals surface area (Å²) in [5.41, 5.74) is 3.85. The molecule has 1 N–H and O–H groups in total. The van der Waals surface area contributed by atoms with Crippen molar-refractivity contribution in [2.75, 3.05) is 0 Å². The van der Waals surface area contributed by atoms with Crippen molar-refractivity contribution in [3.8, 4) is 0 Å². The largest absolute Gasteiger partial charge is 0.478 e. The van der Waals surface area contributed by atoms with Crippen molar-refractivity contribution < 1.29 is 9.90 Å². The van der Waals surface area contributed by atoms with Gasteiger partial charge in [-0.2, -0.15) is 0 Å². The molecular weight excluding hydrogens is 176 g/mol. The Morgan fingerprint density at radius 2 is 1.43 bits per heavy atom. The van der Waals surface area contributed by atoms with Crippen molar-refractivity contribution in [1.82, 2.24) is 0 Å². The summed E-state index contributed by atoms with van der Waals surface area (Å²) in [5.74, 6) is -0.883. The lowest BCUT2D eigenvalue weighted by Crippen LogP contribution is -1.95. The van der Waals surface area contributed by atoms with Crippen LogP contribution in [0.3, 0.4) is 0 Å². The first kappa shape index (κ1) is 10.5. The molecule has 0 saturated carbocycles. The molecule has 0 aromatic heterocycles. The zero-order chi connectivity index (χ0) is 10.7. The summed E-state index contributed by atoms with van der Waals surface area (Å²) in [5, 5.41) is 8.71. The van der Waals surface area contributed by atoms with Gasteiger partial charge in [-0.3, -0.25) is 0 Å². The minimum atomic E-state index is -0.883. The standard InChI is InChI=1S/C12H14O2/c1-8(2)9(3)10-4-6-11(7-5-10)12(13)14/h4-7H,1-3H3,(H,13,14). The van der Waals surface area contributed by atoms with E-state index in [0.717, 1.165) is 5.56 Å². The lowest BCUT2D eigenvalue weighted by molar-refractivity contribution is 0.0697. The van der Waals surface area contributed by atoms with E-state index < -0.39 is 5.97 Å². The second kappa shape index (κ2) is 4.09. The summed E-state index contributed by atoms with van der Waals surface area (Å²) in [7, 11) is 0. The van der Waals surface area contributed by atoms with Crippen molar-refractivity contribution in [3.63, 3.8) is 0 Å². The van der Waals surface area contributed by atoms with Crippen LogP contribution in [0.4, 0.5) is 0 Å². The zero-order valence-electron chi connectivity index (χ0n) is 8.66. The first-order chi connectivity index (χ1) is 6.52. The highest BCUT2D eigenvalue weighted by Crippen LogP contribution is 2.18. The van der Waals surface area contributed by atoms with Crippen LogP contribution in [0.1, 0.15) is 36.7 Å². The number of carbonyl (C=O) groups is 1. The maximum atomic E-state index is 10.6. The molecule has 0 fully saturated rings. The van der Waals surface area contributed by atoms with E-state index in [1.807, 2.05) is 32.9 Å². The second-order valence-electron chi connectivity index (χ2n) is 3.51. The van der Waals surface area contributed by atoms with Gasteiger partial charge in [0.2, 0.25) is 0 Å². The van der Waals surface area contributed by atoms with E-state index in [0.29, 0.717) is 5.56 Å². The molecule has 1 aromatic carbocycles. The van der Waals surface area contributed by atoms with Crippen LogP contribution in [-0.4, -0.2) is 11.1 Å². The molecule has 0 aliphatic rings. The Morgan fingerprint density at radius 1 is 1.00 bits per heavy atom. The topological polar surface area (TPSA) is 37.3 Å². The summed E-state index contributed by atoms with van der Waals surface area (Å²) >= 11 is 0. The smallest absolute Gasteiger partial charge is 0.335 e. The molecule has 0 radical (unpaired) electrons. The molecule has 0 unspecified atom stereocenters. The number of carboxylic acid groups (broad SMARTS) is 1. The van der Waals surface area contributed by atoms with Crippen molar-refractivity contribution in [3.05, 3.63) is 41.0 Å². The van der Waals surface area contributed by atoms with Crippen molar-refractivity contribution in [2.45, 2.75) is 20.8 Å². The van der Waals surface area contributed by atoms with E-state index >= 15 is 0 Å². The number of hydrogen-bond donors (Lipinski definition) is 1. The molecule has 14 heavy (non-hydrogen) atoms. The van der Waals surface area contributed by atoms with Gasteiger partial charge in [0, 0.05) is 0 Å². The molecule has 0 saturated heterocycles. The van der Waals surface area contributed by atoms with Crippen molar-refractivity contribution >= 4 is 11.5 Å². The summed E-state index contributed by atoms with van der Waals surface area (Å²) in [4.78, 5) is 10.6. The van der Waals surface area contributed by atoms with Gasteiger partial charge in [-0.05, 0) is 44.0 Å². The number of aromatic carboxylic acids is 1. The Kier molecular flexibility index (Phi) is 3.07. The van der Waals surface area contributed by atoms with Gasteiger partial charge < -0.3 is 5.11 Å². The minimum absolute atomic E-state index is 0.329. The summed E-state index contributed by atoms with van der Waals surface area (Å²) in [6, 6.07) is 6.94. The maximum absolute atomic E-state index is 10.6. The SMILES string of the molecule is CC(C)=C(C)c1ccc(C(=O)O)cc1. The van der Waals surface area contributed by atoms with Crippen molar-refractivity contribution in [2.24, 2.45) is 0 Å². The van der Waals surface area contributed by atoms with Crippen LogP contribution < -0.4 is 0 Å². The summed E-state index contributed by atoms with van der Waals surface area (Å²) in [6.45, 7) is 6.12. The molecule has 0 aliphatic carbocycles. The molecule has 2 heteroatoms. The van der Waals surface area contributed by atoms with Crippen LogP contribution in [0, 0.1) is 0 Å². The van der Waals surface area contributed by atoms with Gasteiger partial charge >= 0.3 is 5.97 Å². The van der Waals surface area contributed by atoms with E-state index in [4.69, 9.17) is 5.11 Å². The third-order valence-electron chi connectivity index (χ3n) is 2.31. The monoisotopic (exact) mass is 190 g/mol. The third-order valence-corrected chi connectivity index (χ3v) is 2.31. The van der Waals surface area contributed by atoms with Crippen LogP contribution in [0.5, 0.6) is 0 Å². The fraction of sp³-hybridized carbons (Fsp3) is 0.250. The van der Waals surface area contributed by atoms with Gasteiger partial charge in [0.05, 0.1) is 5.56 Å². The quantitative estimate of drug-likeness (QED) is 0.777. The van der Waals surface area contributed by atoms with Gasteiger partial charge in [0.15, 0.2) is 0 Å². The average Bonchev–Trinajstić information content (AvgIpc) is 2.16. The average molecular weight is 190 g/mol. The molecule has 74 valence electrons. The van der Waals surface area contributed by atoms with Crippen LogP contribution >= 0.6 is 0 Å². The fourth-order valence-corrected chi connectivity index (χ4v) is 1.15. The molecule has 0 heterocycles. The lowest BCUT2D eigenvalue weighted by atomic mass is 10.0. The number of allylic oxidation sites excluding steroid dienone is 2. The minimum Gasteiger partial charge on any atom is -0.478 e. The van der Waals surface area contributed by atoms with Gasteiger partial charge in [0.25, 0.3) is 0 Å². The molecule has 1 rings (SSSR count). The molecule has 1 aromatic rings. The van der Waals surface area contributed by atoms with E-state index in [1.165, 1.54) is 11.1 Å². The molecular formula is C12H14O2. The highest BCUT2D eigenvalue weighted by molar-refractivity contribution is 5.88. The highest BCUT2D eigenvalue weighted by Gasteiger charge is 2.02. The van der Waals surface area contributed by atoms with Crippen LogP contribution in [0.25, 0.3) is 5.57 Å². The van der Waals surface area contributed by atoms with Crippen molar-refractivity contribution in [1.29, 1.82) is 0 Å². The Hall–Kier alpha value is -1.57. The highest BCUT2D eigenvalue weighted by atomic mass is 16.4. The number of hydrogen-bond acceptors (Lipinski definition) is 1. The van der Waals surface area contributed by atoms with Crippen LogP contribution in [0.2, 0.25) is 0 Å². The Balaban J connectivity index is 3.06. The van der Waals surface area contributed by atoms with Gasteiger partial charge in [-0.25, -0.2) is 4.79 Å². The molecule has 0 spiro atoms. The van der Waals surface area contributed by atoms with E-state index in [9.17, 15) is 4.79 Å². The molecule has 2 nitrogen and oxygen atoms in total. The predicted octanol–water partition coefficient (Wildman–Crippen LogP) is 3.20. The van der Waals surface area contributed by atoms with Crippen LogP contribution in [-0.2, 0) is 0 Å². The maximum Gasteiger partial charge on any atom is 0.335 e. The Morgan fingerprint density at radius 3 is 1.79 bits per heavy atom. The molecule has 0 amide bonds. The van der Waals surface area contributed by atoms with E-state index in [2.05, 4.69) is 0 Å². The first-order valence-corrected chi connectivity index (χ1v) is 4.50. The molecule has 0 aliphatic heterocycles. The van der Waals surface area contributed by atoms with E-state index in [1.54, 1.807) is 12.1 Å². The predicted molar refractivity (Wildman–Crippen MR) is 57.3 cm³/mol. The number of rotatable bonds is 2. The Labute approximate surface area is 83.9 Å². The zero-order valence-corrected chi connectivity index (χ0v) is 8.66. The van der Waals surface area contributed by atoms with Crippen LogP contribution in [0.15, 0.2) is 29.8 Å². The summed E-state index contributed by atoms with van der Waals surface area (Å²) in [6.07, 6.45) is 0. The van der Waals surface area contributed by atoms with E-state index in [-0.39, 0.29) is 0 Å². The summed E-state index contributed by atoms with van der Waals surface area (Å²) < 4.78 is 0. The third kappa shape index (κ3) is 2.22. The lowest BCUT2D eigenvalue weighted by Gasteiger charge is -2.04. The normalized spacial score (nSPS) is 9.64. The van der Waals surface area contributed by atoms with Gasteiger partial charge in [0.1, 0.15) is 0 Å². The molecule has 0 atom stereocenters. The van der Waals surface area contributed by atoms with Gasteiger partial charge in [-0.1, -0.05) is 17.7 Å². The molecule has 0 bridgehead atoms.